The maximum Gasteiger partial charge on any atom is 0.191 e. The molecule has 0 spiro atoms. The molecule has 0 aliphatic carbocycles. The molecule has 0 fully saturated rings. The van der Waals surface area contributed by atoms with Crippen LogP contribution in [0.1, 0.15) is 32.0 Å². The lowest BCUT2D eigenvalue weighted by molar-refractivity contribution is 0.284. The zero-order valence-electron chi connectivity index (χ0n) is 9.44. The highest BCUT2D eigenvalue weighted by atomic mass is 32.2. The lowest BCUT2D eigenvalue weighted by Crippen LogP contribution is -1.99. The summed E-state index contributed by atoms with van der Waals surface area (Å²) in [5, 5.41) is 17.8. The summed E-state index contributed by atoms with van der Waals surface area (Å²) in [4.78, 5) is 0. The second-order valence-corrected chi connectivity index (χ2v) is 4.47. The van der Waals surface area contributed by atoms with Gasteiger partial charge in [-0.1, -0.05) is 18.2 Å². The van der Waals surface area contributed by atoms with Gasteiger partial charge in [-0.3, -0.25) is 0 Å². The largest absolute Gasteiger partial charge is 0.396 e. The normalized spacial score (nSPS) is 10.9. The van der Waals surface area contributed by atoms with Crippen molar-refractivity contribution in [2.75, 3.05) is 12.4 Å². The Balaban J connectivity index is 2.30. The third-order valence-electron chi connectivity index (χ3n) is 2.25. The fraction of sp³-hybridized carbons (Fsp3) is 0.800. The third kappa shape index (κ3) is 3.83. The van der Waals surface area contributed by atoms with Crippen LogP contribution in [0, 0.1) is 6.92 Å². The van der Waals surface area contributed by atoms with Gasteiger partial charge in [0.1, 0.15) is 5.82 Å². The van der Waals surface area contributed by atoms with Crippen LogP contribution in [0.5, 0.6) is 0 Å². The molecule has 15 heavy (non-hydrogen) atoms. The SMILES string of the molecule is CCn1c(C)nnc1SCCCCCO. The van der Waals surface area contributed by atoms with E-state index in [4.69, 9.17) is 5.11 Å². The van der Waals surface area contributed by atoms with Gasteiger partial charge in [0.05, 0.1) is 0 Å². The highest BCUT2D eigenvalue weighted by molar-refractivity contribution is 7.99. The van der Waals surface area contributed by atoms with Crippen molar-refractivity contribution in [2.24, 2.45) is 0 Å². The average Bonchev–Trinajstić information content (AvgIpc) is 2.59. The average molecular weight is 229 g/mol. The van der Waals surface area contributed by atoms with Gasteiger partial charge in [0.15, 0.2) is 5.16 Å². The monoisotopic (exact) mass is 229 g/mol. The van der Waals surface area contributed by atoms with E-state index in [1.807, 2.05) is 6.92 Å². The molecule has 0 aromatic carbocycles. The predicted octanol–water partition coefficient (Wildman–Crippen LogP) is 1.86. The number of unbranched alkanes of at least 4 members (excludes halogenated alkanes) is 2. The number of aromatic nitrogens is 3. The molecule has 0 unspecified atom stereocenters. The summed E-state index contributed by atoms with van der Waals surface area (Å²) < 4.78 is 2.12. The first-order chi connectivity index (χ1) is 7.29. The van der Waals surface area contributed by atoms with E-state index in [0.717, 1.165) is 42.5 Å². The molecule has 0 atom stereocenters. The number of aryl methyl sites for hydroxylation is 1. The Morgan fingerprint density at radius 2 is 2.07 bits per heavy atom. The minimum atomic E-state index is 0.301. The van der Waals surface area contributed by atoms with Gasteiger partial charge in [0.2, 0.25) is 0 Å². The molecule has 0 saturated carbocycles. The van der Waals surface area contributed by atoms with Gasteiger partial charge in [0.25, 0.3) is 0 Å². The van der Waals surface area contributed by atoms with Crippen molar-refractivity contribution in [3.8, 4) is 0 Å². The van der Waals surface area contributed by atoms with E-state index in [1.165, 1.54) is 0 Å². The second-order valence-electron chi connectivity index (χ2n) is 3.41. The minimum Gasteiger partial charge on any atom is -0.396 e. The minimum absolute atomic E-state index is 0.301. The van der Waals surface area contributed by atoms with Crippen LogP contribution >= 0.6 is 11.8 Å². The van der Waals surface area contributed by atoms with Crippen molar-refractivity contribution in [3.05, 3.63) is 5.82 Å². The molecule has 5 heteroatoms. The van der Waals surface area contributed by atoms with Gasteiger partial charge in [-0.05, 0) is 26.7 Å². The number of thioether (sulfide) groups is 1. The van der Waals surface area contributed by atoms with E-state index in [0.29, 0.717) is 6.61 Å². The molecule has 0 bridgehead atoms. The molecule has 1 heterocycles. The van der Waals surface area contributed by atoms with Gasteiger partial charge in [0, 0.05) is 18.9 Å². The van der Waals surface area contributed by atoms with Crippen molar-refractivity contribution in [2.45, 2.75) is 44.8 Å². The zero-order chi connectivity index (χ0) is 11.1. The molecule has 0 radical (unpaired) electrons. The van der Waals surface area contributed by atoms with Crippen molar-refractivity contribution < 1.29 is 5.11 Å². The summed E-state index contributed by atoms with van der Waals surface area (Å²) in [6, 6.07) is 0. The van der Waals surface area contributed by atoms with Crippen LogP contribution < -0.4 is 0 Å². The highest BCUT2D eigenvalue weighted by Gasteiger charge is 2.06. The van der Waals surface area contributed by atoms with Crippen LogP contribution in [0.4, 0.5) is 0 Å². The van der Waals surface area contributed by atoms with E-state index >= 15 is 0 Å². The Hall–Kier alpha value is -0.550. The molecule has 0 saturated heterocycles. The Morgan fingerprint density at radius 3 is 2.73 bits per heavy atom. The molecule has 86 valence electrons. The second kappa shape index (κ2) is 6.85. The topological polar surface area (TPSA) is 50.9 Å². The number of aliphatic hydroxyl groups is 1. The first-order valence-electron chi connectivity index (χ1n) is 5.43. The van der Waals surface area contributed by atoms with E-state index in [2.05, 4.69) is 21.7 Å². The van der Waals surface area contributed by atoms with Gasteiger partial charge in [-0.25, -0.2) is 0 Å². The number of rotatable bonds is 7. The molecular formula is C10H19N3OS. The first kappa shape index (κ1) is 12.5. The first-order valence-corrected chi connectivity index (χ1v) is 6.41. The Kier molecular flexibility index (Phi) is 5.71. The van der Waals surface area contributed by atoms with E-state index in [-0.39, 0.29) is 0 Å². The molecule has 1 N–H and O–H groups in total. The lowest BCUT2D eigenvalue weighted by Gasteiger charge is -2.04. The molecule has 1 aromatic rings. The van der Waals surface area contributed by atoms with Crippen LogP contribution in [-0.4, -0.2) is 32.2 Å². The van der Waals surface area contributed by atoms with Crippen molar-refractivity contribution in [1.29, 1.82) is 0 Å². The molecule has 1 rings (SSSR count). The van der Waals surface area contributed by atoms with Crippen LogP contribution in [0.3, 0.4) is 0 Å². The van der Waals surface area contributed by atoms with Crippen LogP contribution in [0.25, 0.3) is 0 Å². The quantitative estimate of drug-likeness (QED) is 0.573. The Labute approximate surface area is 95.1 Å². The molecule has 0 aliphatic rings. The van der Waals surface area contributed by atoms with Gasteiger partial charge in [-0.2, -0.15) is 0 Å². The van der Waals surface area contributed by atoms with E-state index < -0.39 is 0 Å². The van der Waals surface area contributed by atoms with Gasteiger partial charge in [-0.15, -0.1) is 10.2 Å². The maximum atomic E-state index is 8.63. The number of hydrogen-bond donors (Lipinski definition) is 1. The predicted molar refractivity (Wildman–Crippen MR) is 62.1 cm³/mol. The third-order valence-corrected chi connectivity index (χ3v) is 3.30. The Bertz CT molecular complexity index is 288. The fourth-order valence-corrected chi connectivity index (χ4v) is 2.43. The summed E-state index contributed by atoms with van der Waals surface area (Å²) in [7, 11) is 0. The molecular weight excluding hydrogens is 210 g/mol. The zero-order valence-corrected chi connectivity index (χ0v) is 10.3. The summed E-state index contributed by atoms with van der Waals surface area (Å²) in [5.74, 6) is 2.04. The number of aliphatic hydroxyl groups excluding tert-OH is 1. The van der Waals surface area contributed by atoms with Gasteiger partial charge >= 0.3 is 0 Å². The fourth-order valence-electron chi connectivity index (χ4n) is 1.39. The molecule has 0 amide bonds. The maximum absolute atomic E-state index is 8.63. The summed E-state index contributed by atoms with van der Waals surface area (Å²) in [5.41, 5.74) is 0. The van der Waals surface area contributed by atoms with Crippen molar-refractivity contribution in [3.63, 3.8) is 0 Å². The standard InChI is InChI=1S/C10H19N3OS/c1-3-13-9(2)11-12-10(13)15-8-6-4-5-7-14/h14H,3-8H2,1-2H3. The van der Waals surface area contributed by atoms with Crippen molar-refractivity contribution >= 4 is 11.8 Å². The number of nitrogens with zero attached hydrogens (tertiary/aromatic N) is 3. The molecule has 0 aliphatic heterocycles. The molecule has 1 aromatic heterocycles. The van der Waals surface area contributed by atoms with Crippen molar-refractivity contribution in [1.82, 2.24) is 14.8 Å². The van der Waals surface area contributed by atoms with Crippen LogP contribution in [-0.2, 0) is 6.54 Å². The summed E-state index contributed by atoms with van der Waals surface area (Å²) in [6.07, 6.45) is 3.11. The smallest absolute Gasteiger partial charge is 0.191 e. The Morgan fingerprint density at radius 1 is 1.27 bits per heavy atom. The summed E-state index contributed by atoms with van der Waals surface area (Å²) >= 11 is 1.75. The summed E-state index contributed by atoms with van der Waals surface area (Å²) in [6.45, 7) is 5.31. The number of hydrogen-bond acceptors (Lipinski definition) is 4. The highest BCUT2D eigenvalue weighted by Crippen LogP contribution is 2.18. The van der Waals surface area contributed by atoms with Crippen LogP contribution in [0.15, 0.2) is 5.16 Å². The van der Waals surface area contributed by atoms with E-state index in [9.17, 15) is 0 Å². The van der Waals surface area contributed by atoms with Gasteiger partial charge < -0.3 is 9.67 Å². The lowest BCUT2D eigenvalue weighted by atomic mass is 10.3. The van der Waals surface area contributed by atoms with E-state index in [1.54, 1.807) is 11.8 Å². The molecule has 4 nitrogen and oxygen atoms in total. The van der Waals surface area contributed by atoms with Crippen LogP contribution in [0.2, 0.25) is 0 Å².